The molecule has 1 aromatic heterocycles. The highest BCUT2D eigenvalue weighted by molar-refractivity contribution is 8.01. The van der Waals surface area contributed by atoms with Crippen molar-refractivity contribution in [2.75, 3.05) is 16.4 Å². The van der Waals surface area contributed by atoms with Crippen LogP contribution in [0, 0.1) is 10.1 Å². The topological polar surface area (TPSA) is 127 Å². The minimum absolute atomic E-state index is 0.00703. The van der Waals surface area contributed by atoms with Gasteiger partial charge in [0.25, 0.3) is 11.6 Å². The van der Waals surface area contributed by atoms with Crippen molar-refractivity contribution >= 4 is 51.4 Å². The highest BCUT2D eigenvalue weighted by atomic mass is 32.2. The first-order chi connectivity index (χ1) is 15.1. The van der Waals surface area contributed by atoms with Gasteiger partial charge in [-0.1, -0.05) is 35.2 Å². The van der Waals surface area contributed by atoms with Gasteiger partial charge in [0, 0.05) is 23.4 Å². The van der Waals surface area contributed by atoms with Crippen molar-refractivity contribution < 1.29 is 27.7 Å². The van der Waals surface area contributed by atoms with Gasteiger partial charge in [-0.15, -0.1) is 10.2 Å². The highest BCUT2D eigenvalue weighted by Crippen LogP contribution is 2.31. The number of halogens is 3. The van der Waals surface area contributed by atoms with Crippen molar-refractivity contribution in [2.45, 2.75) is 10.5 Å². The fourth-order valence-electron chi connectivity index (χ4n) is 2.35. The van der Waals surface area contributed by atoms with E-state index in [9.17, 15) is 32.9 Å². The van der Waals surface area contributed by atoms with Gasteiger partial charge in [-0.05, 0) is 24.3 Å². The lowest BCUT2D eigenvalue weighted by Gasteiger charge is -2.09. The van der Waals surface area contributed by atoms with Crippen molar-refractivity contribution in [1.29, 1.82) is 0 Å². The van der Waals surface area contributed by atoms with Crippen molar-refractivity contribution in [3.63, 3.8) is 0 Å². The second-order valence-electron chi connectivity index (χ2n) is 6.05. The molecule has 0 radical (unpaired) electrons. The Bertz CT molecular complexity index is 1170. The standard InChI is InChI=1S/C18H12F3N5O4S2/c19-18(20,21)11-4-2-5-12(8-11)22-14(27)9-31-17-25-24-16(32-17)23-15(28)10-3-1-6-13(7-10)26(29)30/h1-8H,9H2,(H,22,27)(H,23,24,28). The molecule has 0 saturated heterocycles. The first kappa shape index (κ1) is 23.1. The lowest BCUT2D eigenvalue weighted by atomic mass is 10.2. The van der Waals surface area contributed by atoms with Crippen LogP contribution in [0.5, 0.6) is 0 Å². The number of amides is 2. The fraction of sp³-hybridized carbons (Fsp3) is 0.111. The fourth-order valence-corrected chi connectivity index (χ4v) is 3.89. The number of alkyl halides is 3. The molecule has 2 amide bonds. The third-order valence-electron chi connectivity index (χ3n) is 3.75. The van der Waals surface area contributed by atoms with Crippen LogP contribution in [-0.2, 0) is 11.0 Å². The van der Waals surface area contributed by atoms with Gasteiger partial charge in [0.2, 0.25) is 11.0 Å². The van der Waals surface area contributed by atoms with E-state index in [2.05, 4.69) is 20.8 Å². The molecular weight excluding hydrogens is 471 g/mol. The molecule has 1 heterocycles. The monoisotopic (exact) mass is 483 g/mol. The molecule has 166 valence electrons. The number of carbonyl (C=O) groups is 2. The van der Waals surface area contributed by atoms with Crippen molar-refractivity contribution in [2.24, 2.45) is 0 Å². The highest BCUT2D eigenvalue weighted by Gasteiger charge is 2.30. The summed E-state index contributed by atoms with van der Waals surface area (Å²) < 4.78 is 38.6. The van der Waals surface area contributed by atoms with Crippen LogP contribution < -0.4 is 10.6 Å². The molecule has 0 spiro atoms. The van der Waals surface area contributed by atoms with E-state index in [1.807, 2.05) is 0 Å². The first-order valence-corrected chi connectivity index (χ1v) is 10.4. The van der Waals surface area contributed by atoms with Crippen LogP contribution in [0.25, 0.3) is 0 Å². The molecule has 0 unspecified atom stereocenters. The van der Waals surface area contributed by atoms with E-state index in [4.69, 9.17) is 0 Å². The lowest BCUT2D eigenvalue weighted by Crippen LogP contribution is -2.15. The number of carbonyl (C=O) groups excluding carboxylic acids is 2. The third-order valence-corrected chi connectivity index (χ3v) is 5.72. The average Bonchev–Trinajstić information content (AvgIpc) is 3.19. The van der Waals surface area contributed by atoms with Gasteiger partial charge in [-0.3, -0.25) is 25.0 Å². The lowest BCUT2D eigenvalue weighted by molar-refractivity contribution is -0.384. The average molecular weight is 483 g/mol. The zero-order chi connectivity index (χ0) is 23.3. The summed E-state index contributed by atoms with van der Waals surface area (Å²) in [7, 11) is 0. The number of thioether (sulfide) groups is 1. The number of non-ortho nitro benzene ring substituents is 1. The molecule has 0 saturated carbocycles. The van der Waals surface area contributed by atoms with Crippen LogP contribution in [-0.4, -0.2) is 32.7 Å². The zero-order valence-electron chi connectivity index (χ0n) is 15.8. The van der Waals surface area contributed by atoms with E-state index >= 15 is 0 Å². The number of nitrogens with one attached hydrogen (secondary N) is 2. The molecule has 0 aliphatic carbocycles. The Hall–Kier alpha value is -3.52. The zero-order valence-corrected chi connectivity index (χ0v) is 17.4. The van der Waals surface area contributed by atoms with Crippen LogP contribution in [0.2, 0.25) is 0 Å². The van der Waals surface area contributed by atoms with Crippen LogP contribution in [0.4, 0.5) is 29.7 Å². The number of hydrogen-bond acceptors (Lipinski definition) is 8. The number of hydrogen-bond donors (Lipinski definition) is 2. The second kappa shape index (κ2) is 9.74. The number of nitrogens with zero attached hydrogens (tertiary/aromatic N) is 3. The third kappa shape index (κ3) is 6.24. The molecule has 0 bridgehead atoms. The van der Waals surface area contributed by atoms with Gasteiger partial charge in [0.05, 0.1) is 16.2 Å². The molecule has 14 heteroatoms. The van der Waals surface area contributed by atoms with Gasteiger partial charge < -0.3 is 5.32 Å². The van der Waals surface area contributed by atoms with Crippen molar-refractivity contribution in [3.8, 4) is 0 Å². The summed E-state index contributed by atoms with van der Waals surface area (Å²) in [5.74, 6) is -1.32. The van der Waals surface area contributed by atoms with E-state index in [0.29, 0.717) is 4.34 Å². The molecule has 2 aromatic carbocycles. The van der Waals surface area contributed by atoms with E-state index in [1.165, 1.54) is 30.3 Å². The Morgan fingerprint density at radius 2 is 1.84 bits per heavy atom. The number of anilines is 2. The van der Waals surface area contributed by atoms with Crippen LogP contribution >= 0.6 is 23.1 Å². The summed E-state index contributed by atoms with van der Waals surface area (Å²) in [5, 5.41) is 23.3. The molecular formula is C18H12F3N5O4S2. The molecule has 3 aromatic rings. The van der Waals surface area contributed by atoms with E-state index in [1.54, 1.807) is 0 Å². The predicted molar refractivity (Wildman–Crippen MR) is 112 cm³/mol. The van der Waals surface area contributed by atoms with E-state index in [-0.39, 0.29) is 27.8 Å². The molecule has 0 aliphatic heterocycles. The summed E-state index contributed by atoms with van der Waals surface area (Å²) in [6, 6.07) is 9.39. The molecule has 3 rings (SSSR count). The Balaban J connectivity index is 1.54. The minimum Gasteiger partial charge on any atom is -0.325 e. The summed E-state index contributed by atoms with van der Waals surface area (Å²) >= 11 is 1.94. The Labute approximate surface area is 186 Å². The van der Waals surface area contributed by atoms with Gasteiger partial charge >= 0.3 is 6.18 Å². The van der Waals surface area contributed by atoms with Crippen LogP contribution in [0.15, 0.2) is 52.9 Å². The summed E-state index contributed by atoms with van der Waals surface area (Å²) in [4.78, 5) is 34.4. The predicted octanol–water partition coefficient (Wildman–Crippen LogP) is 4.45. The normalized spacial score (nSPS) is 11.1. The largest absolute Gasteiger partial charge is 0.416 e. The van der Waals surface area contributed by atoms with Crippen molar-refractivity contribution in [1.82, 2.24) is 10.2 Å². The maximum Gasteiger partial charge on any atom is 0.416 e. The molecule has 0 aliphatic rings. The number of aromatic nitrogens is 2. The number of benzene rings is 2. The van der Waals surface area contributed by atoms with E-state index in [0.717, 1.165) is 41.3 Å². The SMILES string of the molecule is O=C(CSc1nnc(NC(=O)c2cccc([N+](=O)[O-])c2)s1)Nc1cccc(C(F)(F)F)c1. The van der Waals surface area contributed by atoms with Crippen LogP contribution in [0.3, 0.4) is 0 Å². The second-order valence-corrected chi connectivity index (χ2v) is 8.25. The van der Waals surface area contributed by atoms with Gasteiger partial charge in [-0.2, -0.15) is 13.2 Å². The summed E-state index contributed by atoms with van der Waals surface area (Å²) in [5.41, 5.74) is -1.05. The Morgan fingerprint density at radius 3 is 2.56 bits per heavy atom. The molecule has 32 heavy (non-hydrogen) atoms. The quantitative estimate of drug-likeness (QED) is 0.220. The molecule has 0 atom stereocenters. The van der Waals surface area contributed by atoms with Crippen LogP contribution in [0.1, 0.15) is 15.9 Å². The van der Waals surface area contributed by atoms with Crippen molar-refractivity contribution in [3.05, 3.63) is 69.8 Å². The summed E-state index contributed by atoms with van der Waals surface area (Å²) in [6.45, 7) is 0. The van der Waals surface area contributed by atoms with Gasteiger partial charge in [0.1, 0.15) is 0 Å². The molecule has 9 nitrogen and oxygen atoms in total. The number of rotatable bonds is 7. The summed E-state index contributed by atoms with van der Waals surface area (Å²) in [6.07, 6.45) is -4.52. The number of nitro benzene ring substituents is 1. The maximum atomic E-state index is 12.7. The minimum atomic E-state index is -4.52. The molecule has 0 fully saturated rings. The Morgan fingerprint density at radius 1 is 1.09 bits per heavy atom. The number of nitro groups is 1. The smallest absolute Gasteiger partial charge is 0.325 e. The maximum absolute atomic E-state index is 12.7. The first-order valence-electron chi connectivity index (χ1n) is 8.61. The Kier molecular flexibility index (Phi) is 7.05. The molecule has 2 N–H and O–H groups in total. The van der Waals surface area contributed by atoms with Gasteiger partial charge in [-0.25, -0.2) is 0 Å². The van der Waals surface area contributed by atoms with Gasteiger partial charge in [0.15, 0.2) is 4.34 Å². The van der Waals surface area contributed by atoms with E-state index < -0.39 is 28.5 Å².